The van der Waals surface area contributed by atoms with Gasteiger partial charge in [0.15, 0.2) is 11.5 Å². The van der Waals surface area contributed by atoms with Crippen molar-refractivity contribution < 1.29 is 9.53 Å². The molecule has 10 nitrogen and oxygen atoms in total. The maximum atomic E-state index is 12.9. The van der Waals surface area contributed by atoms with Crippen molar-refractivity contribution in [2.75, 3.05) is 44.7 Å². The number of aromatic nitrogens is 4. The van der Waals surface area contributed by atoms with E-state index in [9.17, 15) is 4.79 Å². The molecule has 1 aliphatic heterocycles. The Balaban J connectivity index is 1.49. The van der Waals surface area contributed by atoms with E-state index in [-0.39, 0.29) is 11.9 Å². The van der Waals surface area contributed by atoms with E-state index in [0.717, 1.165) is 44.7 Å². The van der Waals surface area contributed by atoms with Crippen LogP contribution in [0.2, 0.25) is 0 Å². The molecule has 4 heterocycles. The van der Waals surface area contributed by atoms with Crippen LogP contribution in [-0.4, -0.2) is 76.0 Å². The Hall–Kier alpha value is -3.55. The van der Waals surface area contributed by atoms with E-state index >= 15 is 0 Å². The number of nitriles is 1. The van der Waals surface area contributed by atoms with Gasteiger partial charge in [0.2, 0.25) is 0 Å². The SMILES string of the molecule is CC(C)Nc1cc(-n2ncc3cc(C#N)cnc32)ncc1C(=O)NCCCN1CCOCC1. The molecule has 0 aromatic carbocycles. The topological polar surface area (TPSA) is 121 Å². The van der Waals surface area contributed by atoms with Gasteiger partial charge in [0.05, 0.1) is 36.2 Å². The number of hydrogen-bond donors (Lipinski definition) is 2. The number of carbonyl (C=O) groups is 1. The Morgan fingerprint density at radius 1 is 1.21 bits per heavy atom. The Morgan fingerprint density at radius 2 is 2.03 bits per heavy atom. The molecule has 172 valence electrons. The summed E-state index contributed by atoms with van der Waals surface area (Å²) >= 11 is 0. The summed E-state index contributed by atoms with van der Waals surface area (Å²) in [7, 11) is 0. The van der Waals surface area contributed by atoms with E-state index in [4.69, 9.17) is 10.00 Å². The summed E-state index contributed by atoms with van der Waals surface area (Å²) in [5, 5.41) is 20.6. The van der Waals surface area contributed by atoms with Crippen LogP contribution in [0.25, 0.3) is 16.9 Å². The lowest BCUT2D eigenvalue weighted by Gasteiger charge is -2.26. The molecule has 2 N–H and O–H groups in total. The highest BCUT2D eigenvalue weighted by Gasteiger charge is 2.17. The summed E-state index contributed by atoms with van der Waals surface area (Å²) in [6.45, 7) is 8.98. The van der Waals surface area contributed by atoms with Crippen molar-refractivity contribution in [1.29, 1.82) is 5.26 Å². The van der Waals surface area contributed by atoms with Crippen LogP contribution in [-0.2, 0) is 4.74 Å². The molecule has 3 aromatic heterocycles. The van der Waals surface area contributed by atoms with Crippen molar-refractivity contribution in [3.05, 3.63) is 41.9 Å². The smallest absolute Gasteiger partial charge is 0.254 e. The number of ether oxygens (including phenoxy) is 1. The van der Waals surface area contributed by atoms with Gasteiger partial charge in [0.1, 0.15) is 6.07 Å². The fourth-order valence-electron chi connectivity index (χ4n) is 3.75. The average molecular weight is 449 g/mol. The first-order valence-corrected chi connectivity index (χ1v) is 11.1. The van der Waals surface area contributed by atoms with Gasteiger partial charge in [0, 0.05) is 49.5 Å². The minimum atomic E-state index is -0.165. The van der Waals surface area contributed by atoms with Crippen LogP contribution < -0.4 is 10.6 Å². The predicted molar refractivity (Wildman–Crippen MR) is 124 cm³/mol. The molecule has 1 fully saturated rings. The number of nitrogens with one attached hydrogen (secondary N) is 2. The van der Waals surface area contributed by atoms with Gasteiger partial charge in [-0.2, -0.15) is 15.0 Å². The van der Waals surface area contributed by atoms with Crippen LogP contribution in [0.5, 0.6) is 0 Å². The molecule has 0 saturated carbocycles. The minimum absolute atomic E-state index is 0.124. The van der Waals surface area contributed by atoms with Crippen LogP contribution in [0.4, 0.5) is 5.69 Å². The zero-order valence-corrected chi connectivity index (χ0v) is 18.9. The largest absolute Gasteiger partial charge is 0.382 e. The molecule has 0 bridgehead atoms. The molecule has 4 rings (SSSR count). The number of carbonyl (C=O) groups excluding carboxylic acids is 1. The summed E-state index contributed by atoms with van der Waals surface area (Å²) in [6, 6.07) is 5.74. The normalized spacial score (nSPS) is 14.4. The van der Waals surface area contributed by atoms with Crippen LogP contribution in [0.3, 0.4) is 0 Å². The van der Waals surface area contributed by atoms with Crippen molar-refractivity contribution in [2.24, 2.45) is 0 Å². The van der Waals surface area contributed by atoms with E-state index in [1.54, 1.807) is 29.2 Å². The summed E-state index contributed by atoms with van der Waals surface area (Å²) in [5.41, 5.74) is 2.23. The molecule has 1 saturated heterocycles. The zero-order valence-electron chi connectivity index (χ0n) is 18.9. The fraction of sp³-hybridized carbons (Fsp3) is 0.435. The van der Waals surface area contributed by atoms with Crippen molar-refractivity contribution in [3.8, 4) is 11.9 Å². The first kappa shape index (κ1) is 22.6. The minimum Gasteiger partial charge on any atom is -0.382 e. The highest BCUT2D eigenvalue weighted by atomic mass is 16.5. The van der Waals surface area contributed by atoms with Crippen molar-refractivity contribution >= 4 is 22.6 Å². The van der Waals surface area contributed by atoms with E-state index < -0.39 is 0 Å². The zero-order chi connectivity index (χ0) is 23.2. The number of amides is 1. The number of fused-ring (bicyclic) bond motifs is 1. The van der Waals surface area contributed by atoms with Gasteiger partial charge in [-0.15, -0.1) is 0 Å². The highest BCUT2D eigenvalue weighted by molar-refractivity contribution is 5.99. The maximum absolute atomic E-state index is 12.9. The molecular formula is C23H28N8O2. The Kier molecular flexibility index (Phi) is 7.12. The van der Waals surface area contributed by atoms with Crippen LogP contribution in [0.1, 0.15) is 36.2 Å². The van der Waals surface area contributed by atoms with Gasteiger partial charge in [-0.25, -0.2) is 9.97 Å². The average Bonchev–Trinajstić information content (AvgIpc) is 3.25. The number of morpholine rings is 1. The third-order valence-corrected chi connectivity index (χ3v) is 5.37. The molecular weight excluding hydrogens is 420 g/mol. The molecule has 0 atom stereocenters. The van der Waals surface area contributed by atoms with Gasteiger partial charge in [-0.05, 0) is 32.9 Å². The molecule has 10 heteroatoms. The maximum Gasteiger partial charge on any atom is 0.254 e. The number of rotatable bonds is 8. The van der Waals surface area contributed by atoms with Crippen molar-refractivity contribution in [2.45, 2.75) is 26.3 Å². The Bertz CT molecular complexity index is 1160. The molecule has 0 spiro atoms. The number of anilines is 1. The van der Waals surface area contributed by atoms with E-state index in [2.05, 4.69) is 36.7 Å². The van der Waals surface area contributed by atoms with E-state index in [1.165, 1.54) is 6.20 Å². The lowest BCUT2D eigenvalue weighted by Crippen LogP contribution is -2.38. The van der Waals surface area contributed by atoms with E-state index in [1.807, 2.05) is 13.8 Å². The molecule has 1 aliphatic rings. The third kappa shape index (κ3) is 5.45. The third-order valence-electron chi connectivity index (χ3n) is 5.37. The van der Waals surface area contributed by atoms with Gasteiger partial charge < -0.3 is 15.4 Å². The molecule has 0 unspecified atom stereocenters. The summed E-state index contributed by atoms with van der Waals surface area (Å²) in [5.74, 6) is 0.371. The first-order valence-electron chi connectivity index (χ1n) is 11.1. The summed E-state index contributed by atoms with van der Waals surface area (Å²) in [6.07, 6.45) is 5.59. The second kappa shape index (κ2) is 10.4. The molecule has 0 aliphatic carbocycles. The standard InChI is InChI=1S/C23H28N8O2/c1-16(2)29-20-11-21(31-22-18(14-28-31)10-17(12-24)13-27-22)26-15-19(20)23(32)25-4-3-5-30-6-8-33-9-7-30/h10-11,13-16H,3-9H2,1-2H3,(H,25,32)(H,26,29). The lowest BCUT2D eigenvalue weighted by molar-refractivity contribution is 0.0374. The van der Waals surface area contributed by atoms with Crippen LogP contribution in [0, 0.1) is 11.3 Å². The van der Waals surface area contributed by atoms with Crippen molar-refractivity contribution in [3.63, 3.8) is 0 Å². The van der Waals surface area contributed by atoms with Gasteiger partial charge in [-0.1, -0.05) is 0 Å². The Labute approximate surface area is 192 Å². The lowest BCUT2D eigenvalue weighted by atomic mass is 10.2. The fourth-order valence-corrected chi connectivity index (χ4v) is 3.75. The summed E-state index contributed by atoms with van der Waals surface area (Å²) < 4.78 is 6.97. The quantitative estimate of drug-likeness (QED) is 0.502. The highest BCUT2D eigenvalue weighted by Crippen LogP contribution is 2.22. The predicted octanol–water partition coefficient (Wildman–Crippen LogP) is 1.96. The molecule has 3 aromatic rings. The second-order valence-electron chi connectivity index (χ2n) is 8.26. The number of pyridine rings is 2. The molecule has 1 amide bonds. The van der Waals surface area contributed by atoms with Gasteiger partial charge in [-0.3, -0.25) is 9.69 Å². The van der Waals surface area contributed by atoms with Crippen LogP contribution >= 0.6 is 0 Å². The Morgan fingerprint density at radius 3 is 2.79 bits per heavy atom. The van der Waals surface area contributed by atoms with E-state index in [0.29, 0.717) is 34.8 Å². The monoisotopic (exact) mass is 448 g/mol. The first-order chi connectivity index (χ1) is 16.0. The number of nitrogens with zero attached hydrogens (tertiary/aromatic N) is 6. The molecule has 33 heavy (non-hydrogen) atoms. The summed E-state index contributed by atoms with van der Waals surface area (Å²) in [4.78, 5) is 24.1. The second-order valence-corrected chi connectivity index (χ2v) is 8.26. The van der Waals surface area contributed by atoms with Gasteiger partial charge in [0.25, 0.3) is 5.91 Å². The van der Waals surface area contributed by atoms with Gasteiger partial charge >= 0.3 is 0 Å². The number of hydrogen-bond acceptors (Lipinski definition) is 8. The van der Waals surface area contributed by atoms with Crippen molar-refractivity contribution in [1.82, 2.24) is 30.0 Å². The molecule has 0 radical (unpaired) electrons. The van der Waals surface area contributed by atoms with Crippen LogP contribution in [0.15, 0.2) is 30.7 Å².